The molecule has 2 N–H and O–H groups in total. The van der Waals surface area contributed by atoms with Crippen molar-refractivity contribution in [2.24, 2.45) is 0 Å². The molecule has 0 fully saturated rings. The highest BCUT2D eigenvalue weighted by Crippen LogP contribution is 2.26. The van der Waals surface area contributed by atoms with E-state index in [0.29, 0.717) is 30.2 Å². The first-order valence-electron chi connectivity index (χ1n) is 6.37. The molecular weight excluding hydrogens is 282 g/mol. The SMILES string of the molecule is CCC(O)(CC)CNC(=O)CSc1ccccc1Cl. The van der Waals surface area contributed by atoms with Gasteiger partial charge in [0, 0.05) is 11.4 Å². The molecule has 3 nitrogen and oxygen atoms in total. The summed E-state index contributed by atoms with van der Waals surface area (Å²) in [5.41, 5.74) is -0.801. The van der Waals surface area contributed by atoms with Crippen molar-refractivity contribution in [3.63, 3.8) is 0 Å². The Morgan fingerprint density at radius 1 is 1.37 bits per heavy atom. The summed E-state index contributed by atoms with van der Waals surface area (Å²) >= 11 is 7.41. The summed E-state index contributed by atoms with van der Waals surface area (Å²) in [6, 6.07) is 7.43. The Kier molecular flexibility index (Phi) is 6.69. The topological polar surface area (TPSA) is 49.3 Å². The molecule has 0 saturated heterocycles. The first-order chi connectivity index (χ1) is 9.00. The molecule has 1 rings (SSSR count). The largest absolute Gasteiger partial charge is 0.388 e. The number of hydrogen-bond donors (Lipinski definition) is 2. The molecule has 5 heteroatoms. The van der Waals surface area contributed by atoms with Crippen molar-refractivity contribution in [3.05, 3.63) is 29.3 Å². The molecule has 0 aliphatic heterocycles. The quantitative estimate of drug-likeness (QED) is 0.761. The van der Waals surface area contributed by atoms with Crippen molar-refractivity contribution in [3.8, 4) is 0 Å². The molecule has 1 aromatic rings. The highest BCUT2D eigenvalue weighted by Gasteiger charge is 2.22. The van der Waals surface area contributed by atoms with Gasteiger partial charge in [-0.2, -0.15) is 0 Å². The van der Waals surface area contributed by atoms with E-state index in [9.17, 15) is 9.90 Å². The second-order valence-electron chi connectivity index (χ2n) is 4.43. The van der Waals surface area contributed by atoms with Crippen LogP contribution in [0.25, 0.3) is 0 Å². The van der Waals surface area contributed by atoms with E-state index in [1.54, 1.807) is 6.07 Å². The molecule has 106 valence electrons. The standard InChI is InChI=1S/C14H20ClNO2S/c1-3-14(18,4-2)10-16-13(17)9-19-12-8-6-5-7-11(12)15/h5-8,18H,3-4,9-10H2,1-2H3,(H,16,17). The van der Waals surface area contributed by atoms with Crippen molar-refractivity contribution in [1.82, 2.24) is 5.32 Å². The Bertz CT molecular complexity index is 422. The number of amides is 1. The van der Waals surface area contributed by atoms with Crippen LogP contribution in [0.15, 0.2) is 29.2 Å². The lowest BCUT2D eigenvalue weighted by Crippen LogP contribution is -2.42. The van der Waals surface area contributed by atoms with Gasteiger partial charge in [0.1, 0.15) is 0 Å². The van der Waals surface area contributed by atoms with Gasteiger partial charge in [0.25, 0.3) is 0 Å². The van der Waals surface area contributed by atoms with Gasteiger partial charge in [0.2, 0.25) is 5.91 Å². The van der Waals surface area contributed by atoms with E-state index >= 15 is 0 Å². The van der Waals surface area contributed by atoms with Crippen molar-refractivity contribution in [2.75, 3.05) is 12.3 Å². The van der Waals surface area contributed by atoms with Crippen LogP contribution in [0.4, 0.5) is 0 Å². The molecule has 0 aromatic heterocycles. The number of nitrogens with one attached hydrogen (secondary N) is 1. The molecular formula is C14H20ClNO2S. The van der Waals surface area contributed by atoms with Gasteiger partial charge in [-0.05, 0) is 25.0 Å². The average Bonchev–Trinajstić information content (AvgIpc) is 2.44. The minimum absolute atomic E-state index is 0.0924. The van der Waals surface area contributed by atoms with Crippen molar-refractivity contribution in [2.45, 2.75) is 37.2 Å². The Morgan fingerprint density at radius 3 is 2.58 bits per heavy atom. The van der Waals surface area contributed by atoms with Crippen LogP contribution < -0.4 is 5.32 Å². The van der Waals surface area contributed by atoms with Crippen LogP contribution in [0.5, 0.6) is 0 Å². The average molecular weight is 302 g/mol. The Balaban J connectivity index is 2.39. The minimum Gasteiger partial charge on any atom is -0.388 e. The smallest absolute Gasteiger partial charge is 0.230 e. The van der Waals surface area contributed by atoms with Crippen LogP contribution >= 0.6 is 23.4 Å². The zero-order valence-electron chi connectivity index (χ0n) is 11.3. The van der Waals surface area contributed by atoms with Gasteiger partial charge < -0.3 is 10.4 Å². The van der Waals surface area contributed by atoms with Crippen LogP contribution in [0.2, 0.25) is 5.02 Å². The van der Waals surface area contributed by atoms with E-state index in [0.717, 1.165) is 4.90 Å². The lowest BCUT2D eigenvalue weighted by atomic mass is 9.98. The molecule has 0 saturated carbocycles. The Hall–Kier alpha value is -0.710. The van der Waals surface area contributed by atoms with Gasteiger partial charge in [-0.25, -0.2) is 0 Å². The third-order valence-corrected chi connectivity index (χ3v) is 4.64. The summed E-state index contributed by atoms with van der Waals surface area (Å²) in [5, 5.41) is 13.5. The summed E-state index contributed by atoms with van der Waals surface area (Å²) in [6.45, 7) is 4.12. The number of halogens is 1. The van der Waals surface area contributed by atoms with Gasteiger partial charge >= 0.3 is 0 Å². The van der Waals surface area contributed by atoms with Crippen LogP contribution in [0.3, 0.4) is 0 Å². The molecule has 19 heavy (non-hydrogen) atoms. The van der Waals surface area contributed by atoms with Crippen molar-refractivity contribution >= 4 is 29.3 Å². The molecule has 0 unspecified atom stereocenters. The van der Waals surface area contributed by atoms with E-state index in [1.807, 2.05) is 32.0 Å². The third-order valence-electron chi connectivity index (χ3n) is 3.13. The molecule has 0 aliphatic rings. The minimum atomic E-state index is -0.801. The number of rotatable bonds is 7. The maximum atomic E-state index is 11.7. The lowest BCUT2D eigenvalue weighted by Gasteiger charge is -2.25. The zero-order chi connectivity index (χ0) is 14.3. The van der Waals surface area contributed by atoms with Crippen LogP contribution in [0, 0.1) is 0 Å². The fourth-order valence-corrected chi connectivity index (χ4v) is 2.59. The number of carbonyl (C=O) groups is 1. The second-order valence-corrected chi connectivity index (χ2v) is 5.85. The maximum absolute atomic E-state index is 11.7. The molecule has 0 aliphatic carbocycles. The van der Waals surface area contributed by atoms with Crippen LogP contribution in [-0.2, 0) is 4.79 Å². The fraction of sp³-hybridized carbons (Fsp3) is 0.500. The number of aliphatic hydroxyl groups is 1. The van der Waals surface area contributed by atoms with E-state index in [4.69, 9.17) is 11.6 Å². The number of carbonyl (C=O) groups excluding carboxylic acids is 1. The fourth-order valence-electron chi connectivity index (χ4n) is 1.52. The molecule has 0 radical (unpaired) electrons. The zero-order valence-corrected chi connectivity index (χ0v) is 12.9. The van der Waals surface area contributed by atoms with E-state index in [1.165, 1.54) is 11.8 Å². The Morgan fingerprint density at radius 2 is 2.00 bits per heavy atom. The highest BCUT2D eigenvalue weighted by atomic mass is 35.5. The van der Waals surface area contributed by atoms with E-state index < -0.39 is 5.60 Å². The van der Waals surface area contributed by atoms with Crippen molar-refractivity contribution in [1.29, 1.82) is 0 Å². The van der Waals surface area contributed by atoms with Crippen LogP contribution in [-0.4, -0.2) is 28.9 Å². The van der Waals surface area contributed by atoms with Gasteiger partial charge in [0.15, 0.2) is 0 Å². The van der Waals surface area contributed by atoms with Crippen molar-refractivity contribution < 1.29 is 9.90 Å². The summed E-state index contributed by atoms with van der Waals surface area (Å²) in [4.78, 5) is 12.6. The predicted molar refractivity (Wildman–Crippen MR) is 80.7 cm³/mol. The van der Waals surface area contributed by atoms with Crippen LogP contribution in [0.1, 0.15) is 26.7 Å². The Labute approximate surface area is 123 Å². The van der Waals surface area contributed by atoms with E-state index in [2.05, 4.69) is 5.32 Å². The normalized spacial score (nSPS) is 11.4. The predicted octanol–water partition coefficient (Wildman–Crippen LogP) is 3.10. The monoisotopic (exact) mass is 301 g/mol. The number of hydrogen-bond acceptors (Lipinski definition) is 3. The molecule has 0 heterocycles. The third kappa shape index (κ3) is 5.43. The summed E-state index contributed by atoms with van der Waals surface area (Å²) in [5.74, 6) is 0.206. The molecule has 0 bridgehead atoms. The van der Waals surface area contributed by atoms with Gasteiger partial charge in [-0.15, -0.1) is 11.8 Å². The second kappa shape index (κ2) is 7.78. The van der Waals surface area contributed by atoms with Gasteiger partial charge in [-0.3, -0.25) is 4.79 Å². The van der Waals surface area contributed by atoms with E-state index in [-0.39, 0.29) is 5.91 Å². The van der Waals surface area contributed by atoms with Gasteiger partial charge in [-0.1, -0.05) is 37.6 Å². The molecule has 0 atom stereocenters. The number of thioether (sulfide) groups is 1. The number of benzene rings is 1. The molecule has 1 aromatic carbocycles. The summed E-state index contributed by atoms with van der Waals surface area (Å²) in [6.07, 6.45) is 1.25. The first kappa shape index (κ1) is 16.3. The lowest BCUT2D eigenvalue weighted by molar-refractivity contribution is -0.119. The molecule has 1 amide bonds. The first-order valence-corrected chi connectivity index (χ1v) is 7.73. The maximum Gasteiger partial charge on any atom is 0.230 e. The highest BCUT2D eigenvalue weighted by molar-refractivity contribution is 8.00. The summed E-state index contributed by atoms with van der Waals surface area (Å²) in [7, 11) is 0. The van der Waals surface area contributed by atoms with Gasteiger partial charge in [0.05, 0.1) is 16.4 Å². The summed E-state index contributed by atoms with van der Waals surface area (Å²) < 4.78 is 0. The molecule has 0 spiro atoms.